The number of hydrogen-bond donors (Lipinski definition) is 2. The Labute approximate surface area is 141 Å². The molecule has 0 radical (unpaired) electrons. The monoisotopic (exact) mass is 338 g/mol. The van der Waals surface area contributed by atoms with E-state index in [9.17, 15) is 9.59 Å². The Morgan fingerprint density at radius 3 is 2.64 bits per heavy atom. The summed E-state index contributed by atoms with van der Waals surface area (Å²) < 4.78 is 10.7. The molecule has 2 aromatic heterocycles. The minimum Gasteiger partial charge on any atom is -0.497 e. The second-order valence-electron chi connectivity index (χ2n) is 5.02. The average Bonchev–Trinajstić information content (AvgIpc) is 2.65. The van der Waals surface area contributed by atoms with Crippen LogP contribution in [0.15, 0.2) is 58.3 Å². The van der Waals surface area contributed by atoms with Gasteiger partial charge in [-0.05, 0) is 36.4 Å². The van der Waals surface area contributed by atoms with Crippen molar-refractivity contribution in [2.45, 2.75) is 0 Å². The van der Waals surface area contributed by atoms with Gasteiger partial charge in [-0.3, -0.25) is 14.6 Å². The number of nitrogens with one attached hydrogen (secondary N) is 1. The van der Waals surface area contributed by atoms with Crippen LogP contribution in [0.2, 0.25) is 0 Å². The summed E-state index contributed by atoms with van der Waals surface area (Å²) in [7, 11) is 1.53. The van der Waals surface area contributed by atoms with Crippen LogP contribution in [-0.2, 0) is 0 Å². The number of nitrogens with zero attached hydrogens (tertiary/aromatic N) is 2. The van der Waals surface area contributed by atoms with Crippen LogP contribution in [0.3, 0.4) is 0 Å². The highest BCUT2D eigenvalue weighted by atomic mass is 16.5. The number of carbonyl (C=O) groups is 2. The van der Waals surface area contributed by atoms with Crippen LogP contribution in [0.4, 0.5) is 0 Å². The zero-order valence-electron chi connectivity index (χ0n) is 13.2. The number of primary amides is 1. The molecule has 0 saturated heterocycles. The Morgan fingerprint density at radius 1 is 1.20 bits per heavy atom. The van der Waals surface area contributed by atoms with Crippen molar-refractivity contribution in [1.82, 2.24) is 10.4 Å². The summed E-state index contributed by atoms with van der Waals surface area (Å²) in [5, 5.41) is 4.50. The Hall–Kier alpha value is -3.68. The second-order valence-corrected chi connectivity index (χ2v) is 5.02. The summed E-state index contributed by atoms with van der Waals surface area (Å²) in [6.07, 6.45) is 2.97. The van der Waals surface area contributed by atoms with E-state index in [2.05, 4.69) is 15.5 Å². The molecule has 0 fully saturated rings. The minimum atomic E-state index is -0.731. The van der Waals surface area contributed by atoms with E-state index in [4.69, 9.17) is 14.9 Å². The van der Waals surface area contributed by atoms with Crippen molar-refractivity contribution in [3.8, 4) is 5.75 Å². The van der Waals surface area contributed by atoms with Gasteiger partial charge >= 0.3 is 0 Å². The molecule has 0 aliphatic carbocycles. The summed E-state index contributed by atoms with van der Waals surface area (Å²) in [5.74, 6) is -0.595. The number of pyridine rings is 1. The maximum atomic E-state index is 12.0. The molecule has 3 N–H and O–H groups in total. The van der Waals surface area contributed by atoms with E-state index in [-0.39, 0.29) is 11.1 Å². The third kappa shape index (κ3) is 3.47. The molecule has 25 heavy (non-hydrogen) atoms. The van der Waals surface area contributed by atoms with E-state index in [1.54, 1.807) is 18.2 Å². The molecule has 0 bridgehead atoms. The van der Waals surface area contributed by atoms with Crippen LogP contribution >= 0.6 is 0 Å². The number of ether oxygens (including phenoxy) is 1. The van der Waals surface area contributed by atoms with Gasteiger partial charge in [0.2, 0.25) is 5.55 Å². The molecule has 126 valence electrons. The topological polar surface area (TPSA) is 120 Å². The first-order valence-electron chi connectivity index (χ1n) is 7.24. The number of nitrogens with two attached hydrogens (primary N) is 1. The molecule has 0 spiro atoms. The molecule has 0 atom stereocenters. The molecule has 0 unspecified atom stereocenters. The van der Waals surface area contributed by atoms with Gasteiger partial charge in [0.05, 0.1) is 7.11 Å². The first-order chi connectivity index (χ1) is 12.1. The maximum absolute atomic E-state index is 12.0. The summed E-state index contributed by atoms with van der Waals surface area (Å²) in [6, 6.07) is 9.66. The SMILES string of the molecule is COc1ccc2o/c(=N\NC(=O)c3ccncc3)c(C(N)=O)cc2c1. The Balaban J connectivity index is 2.03. The molecule has 0 saturated carbocycles. The average molecular weight is 338 g/mol. The number of rotatable bonds is 4. The van der Waals surface area contributed by atoms with E-state index < -0.39 is 11.8 Å². The van der Waals surface area contributed by atoms with Crippen LogP contribution in [0.1, 0.15) is 20.7 Å². The fourth-order valence-corrected chi connectivity index (χ4v) is 2.16. The largest absolute Gasteiger partial charge is 0.497 e. The van der Waals surface area contributed by atoms with Crippen LogP contribution in [0.5, 0.6) is 5.75 Å². The van der Waals surface area contributed by atoms with Crippen molar-refractivity contribution in [3.05, 3.63) is 65.5 Å². The van der Waals surface area contributed by atoms with Gasteiger partial charge in [-0.1, -0.05) is 0 Å². The molecule has 3 aromatic rings. The lowest BCUT2D eigenvalue weighted by Crippen LogP contribution is -2.27. The van der Waals surface area contributed by atoms with Crippen molar-refractivity contribution in [3.63, 3.8) is 0 Å². The predicted molar refractivity (Wildman–Crippen MR) is 88.6 cm³/mol. The summed E-state index contributed by atoms with van der Waals surface area (Å²) in [6.45, 7) is 0. The van der Waals surface area contributed by atoms with Crippen LogP contribution < -0.4 is 21.5 Å². The third-order valence-corrected chi connectivity index (χ3v) is 3.42. The van der Waals surface area contributed by atoms with Gasteiger partial charge < -0.3 is 14.9 Å². The van der Waals surface area contributed by atoms with Gasteiger partial charge in [-0.2, -0.15) is 0 Å². The van der Waals surface area contributed by atoms with Gasteiger partial charge in [0, 0.05) is 23.3 Å². The van der Waals surface area contributed by atoms with Crippen LogP contribution in [0, 0.1) is 0 Å². The molecular weight excluding hydrogens is 324 g/mol. The lowest BCUT2D eigenvalue weighted by molar-refractivity contribution is 0.0946. The van der Waals surface area contributed by atoms with Crippen molar-refractivity contribution in [2.24, 2.45) is 10.8 Å². The Bertz CT molecular complexity index is 1010. The van der Waals surface area contributed by atoms with Gasteiger partial charge in [-0.15, -0.1) is 5.10 Å². The first-order valence-corrected chi connectivity index (χ1v) is 7.24. The lowest BCUT2D eigenvalue weighted by atomic mass is 10.1. The smallest absolute Gasteiger partial charge is 0.271 e. The van der Waals surface area contributed by atoms with Gasteiger partial charge in [0.15, 0.2) is 0 Å². The van der Waals surface area contributed by atoms with Gasteiger partial charge in [-0.25, -0.2) is 5.43 Å². The van der Waals surface area contributed by atoms with Crippen molar-refractivity contribution in [1.29, 1.82) is 0 Å². The molecule has 3 rings (SSSR count). The van der Waals surface area contributed by atoms with Crippen LogP contribution in [0.25, 0.3) is 11.0 Å². The third-order valence-electron chi connectivity index (χ3n) is 3.42. The number of amides is 2. The molecule has 8 nitrogen and oxygen atoms in total. The van der Waals surface area contributed by atoms with E-state index in [0.29, 0.717) is 22.3 Å². The second kappa shape index (κ2) is 6.83. The molecule has 2 heterocycles. The standard InChI is InChI=1S/C17H14N4O4/c1-24-12-2-3-14-11(8-12)9-13(15(18)22)17(25-14)21-20-16(23)10-4-6-19-7-5-10/h2-9H,1H3,(H2,18,22)(H,20,23)/b21-17-. The highest BCUT2D eigenvalue weighted by molar-refractivity contribution is 5.96. The quantitative estimate of drug-likeness (QED) is 0.692. The van der Waals surface area contributed by atoms with Gasteiger partial charge in [0.1, 0.15) is 16.9 Å². The molecular formula is C17H14N4O4. The Kier molecular flexibility index (Phi) is 4.42. The predicted octanol–water partition coefficient (Wildman–Crippen LogP) is 1.18. The number of methoxy groups -OCH3 is 1. The van der Waals surface area contributed by atoms with E-state index >= 15 is 0 Å². The van der Waals surface area contributed by atoms with E-state index in [1.807, 2.05) is 0 Å². The number of fused-ring (bicyclic) bond motifs is 1. The first kappa shape index (κ1) is 16.2. The summed E-state index contributed by atoms with van der Waals surface area (Å²) in [5.41, 5.74) is 8.49. The van der Waals surface area contributed by atoms with E-state index in [0.717, 1.165) is 0 Å². The molecule has 1 aromatic carbocycles. The number of benzene rings is 1. The van der Waals surface area contributed by atoms with E-state index in [1.165, 1.54) is 37.7 Å². The highest BCUT2D eigenvalue weighted by Crippen LogP contribution is 2.20. The maximum Gasteiger partial charge on any atom is 0.271 e. The van der Waals surface area contributed by atoms with Crippen molar-refractivity contribution in [2.75, 3.05) is 7.11 Å². The fraction of sp³-hybridized carbons (Fsp3) is 0.0588. The minimum absolute atomic E-state index is 0.0378. The molecule has 0 aliphatic rings. The fourth-order valence-electron chi connectivity index (χ4n) is 2.16. The summed E-state index contributed by atoms with van der Waals surface area (Å²) in [4.78, 5) is 27.6. The zero-order chi connectivity index (χ0) is 17.8. The molecule has 0 aliphatic heterocycles. The van der Waals surface area contributed by atoms with Gasteiger partial charge in [0.25, 0.3) is 11.8 Å². The van der Waals surface area contributed by atoms with Crippen molar-refractivity contribution < 1.29 is 18.7 Å². The number of carbonyl (C=O) groups excluding carboxylic acids is 2. The number of hydrogen-bond acceptors (Lipinski definition) is 6. The van der Waals surface area contributed by atoms with Crippen LogP contribution in [-0.4, -0.2) is 23.9 Å². The molecule has 8 heteroatoms. The summed E-state index contributed by atoms with van der Waals surface area (Å²) >= 11 is 0. The van der Waals surface area contributed by atoms with Crippen molar-refractivity contribution >= 4 is 22.8 Å². The molecule has 2 amide bonds. The highest BCUT2D eigenvalue weighted by Gasteiger charge is 2.11. The lowest BCUT2D eigenvalue weighted by Gasteiger charge is -2.04. The number of aromatic nitrogens is 1. The Morgan fingerprint density at radius 2 is 1.96 bits per heavy atom. The normalized spacial score (nSPS) is 11.3. The zero-order valence-corrected chi connectivity index (χ0v) is 13.2.